The van der Waals surface area contributed by atoms with Gasteiger partial charge in [-0.15, -0.1) is 11.6 Å². The lowest BCUT2D eigenvalue weighted by molar-refractivity contribution is 0.252. The first-order valence-electron chi connectivity index (χ1n) is 6.53. The minimum atomic E-state index is -1.26. The number of rotatable bonds is 8. The van der Waals surface area contributed by atoms with E-state index < -0.39 is 11.0 Å². The van der Waals surface area contributed by atoms with Crippen molar-refractivity contribution in [1.29, 1.82) is 0 Å². The summed E-state index contributed by atoms with van der Waals surface area (Å²) in [6, 6.07) is 6.62. The van der Waals surface area contributed by atoms with Crippen LogP contribution in [-0.2, 0) is 11.0 Å². The van der Waals surface area contributed by atoms with Crippen molar-refractivity contribution < 1.29 is 9.00 Å². The van der Waals surface area contributed by atoms with Gasteiger partial charge in [-0.2, -0.15) is 0 Å². The van der Waals surface area contributed by atoms with E-state index in [4.69, 9.17) is 11.6 Å². The van der Waals surface area contributed by atoms with Gasteiger partial charge in [0.2, 0.25) is 0 Å². The zero-order valence-electron chi connectivity index (χ0n) is 11.4. The van der Waals surface area contributed by atoms with E-state index in [0.717, 1.165) is 12.8 Å². The van der Waals surface area contributed by atoms with E-state index in [-0.39, 0.29) is 6.03 Å². The minimum Gasteiger partial charge on any atom is -0.337 e. The molecule has 0 heterocycles. The summed E-state index contributed by atoms with van der Waals surface area (Å²) in [5, 5.41) is 5.27. The molecular formula is C13H20ClN3O2S. The van der Waals surface area contributed by atoms with Gasteiger partial charge in [0.25, 0.3) is 0 Å². The van der Waals surface area contributed by atoms with Crippen LogP contribution in [0.15, 0.2) is 29.2 Å². The number of hydrogen-bond donors (Lipinski definition) is 3. The van der Waals surface area contributed by atoms with Crippen LogP contribution in [0.1, 0.15) is 19.8 Å². The summed E-state index contributed by atoms with van der Waals surface area (Å²) in [4.78, 5) is 12.1. The summed E-state index contributed by atoms with van der Waals surface area (Å²) in [7, 11) is -1.26. The Morgan fingerprint density at radius 1 is 1.35 bits per heavy atom. The molecule has 1 aromatic rings. The fourth-order valence-electron chi connectivity index (χ4n) is 1.45. The molecule has 5 nitrogen and oxygen atoms in total. The van der Waals surface area contributed by atoms with E-state index >= 15 is 0 Å². The van der Waals surface area contributed by atoms with Crippen molar-refractivity contribution >= 4 is 34.3 Å². The number of urea groups is 1. The summed E-state index contributed by atoms with van der Waals surface area (Å²) < 4.78 is 14.9. The van der Waals surface area contributed by atoms with Crippen LogP contribution in [0.3, 0.4) is 0 Å². The van der Waals surface area contributed by atoms with Gasteiger partial charge in [-0.3, -0.25) is 0 Å². The number of carbonyl (C=O) groups is 1. The van der Waals surface area contributed by atoms with Crippen LogP contribution in [0.2, 0.25) is 0 Å². The molecule has 20 heavy (non-hydrogen) atoms. The van der Waals surface area contributed by atoms with E-state index in [9.17, 15) is 9.00 Å². The van der Waals surface area contributed by atoms with Gasteiger partial charge in [0.05, 0.1) is 4.90 Å². The highest BCUT2D eigenvalue weighted by atomic mass is 35.5. The largest absolute Gasteiger partial charge is 0.337 e. The fraction of sp³-hybridized carbons (Fsp3) is 0.462. The first-order chi connectivity index (χ1) is 9.67. The highest BCUT2D eigenvalue weighted by molar-refractivity contribution is 7.83. The molecule has 0 saturated carbocycles. The van der Waals surface area contributed by atoms with Crippen molar-refractivity contribution in [3.8, 4) is 0 Å². The zero-order valence-corrected chi connectivity index (χ0v) is 13.0. The molecule has 1 atom stereocenters. The molecule has 0 aromatic heterocycles. The highest BCUT2D eigenvalue weighted by Crippen LogP contribution is 2.13. The molecule has 1 aromatic carbocycles. The predicted molar refractivity (Wildman–Crippen MR) is 83.5 cm³/mol. The number of unbranched alkanes of at least 4 members (excludes halogenated alkanes) is 1. The Hall–Kier alpha value is -1.11. The smallest absolute Gasteiger partial charge is 0.319 e. The van der Waals surface area contributed by atoms with E-state index in [0.29, 0.717) is 29.6 Å². The molecule has 1 unspecified atom stereocenters. The number of anilines is 1. The summed E-state index contributed by atoms with van der Waals surface area (Å²) in [5.41, 5.74) is 0.597. The van der Waals surface area contributed by atoms with Gasteiger partial charge >= 0.3 is 6.03 Å². The number of carbonyl (C=O) groups excluding carboxylic acids is 1. The monoisotopic (exact) mass is 317 g/mol. The Labute approximate surface area is 127 Å². The van der Waals surface area contributed by atoms with Crippen LogP contribution in [-0.4, -0.2) is 29.2 Å². The molecule has 0 bridgehead atoms. The van der Waals surface area contributed by atoms with E-state index in [1.165, 1.54) is 0 Å². The third-order valence-electron chi connectivity index (χ3n) is 2.45. The summed E-state index contributed by atoms with van der Waals surface area (Å²) >= 11 is 5.48. The van der Waals surface area contributed by atoms with Crippen molar-refractivity contribution in [3.63, 3.8) is 0 Å². The molecule has 3 N–H and O–H groups in total. The summed E-state index contributed by atoms with van der Waals surface area (Å²) in [6.45, 7) is 3.18. The Kier molecular flexibility index (Phi) is 8.25. The maximum absolute atomic E-state index is 12.0. The molecule has 0 spiro atoms. The molecule has 0 fully saturated rings. The van der Waals surface area contributed by atoms with E-state index in [1.807, 2.05) is 0 Å². The van der Waals surface area contributed by atoms with Crippen molar-refractivity contribution in [2.24, 2.45) is 0 Å². The Bertz CT molecular complexity index is 457. The Balaban J connectivity index is 2.56. The first kappa shape index (κ1) is 16.9. The van der Waals surface area contributed by atoms with Gasteiger partial charge in [0, 0.05) is 24.7 Å². The number of hydrogen-bond acceptors (Lipinski definition) is 2. The molecular weight excluding hydrogens is 298 g/mol. The lowest BCUT2D eigenvalue weighted by atomic mass is 10.3. The lowest BCUT2D eigenvalue weighted by Gasteiger charge is -2.08. The third kappa shape index (κ3) is 6.36. The van der Waals surface area contributed by atoms with Crippen LogP contribution in [0, 0.1) is 0 Å². The van der Waals surface area contributed by atoms with Gasteiger partial charge < -0.3 is 10.6 Å². The zero-order chi connectivity index (χ0) is 14.8. The van der Waals surface area contributed by atoms with E-state index in [1.54, 1.807) is 24.3 Å². The summed E-state index contributed by atoms with van der Waals surface area (Å²) in [6.07, 6.45) is 2.02. The van der Waals surface area contributed by atoms with Gasteiger partial charge in [-0.25, -0.2) is 13.7 Å². The SMILES string of the molecule is CCCCNS(=O)c1cccc(NC(=O)NCCCl)c1. The second-order valence-electron chi connectivity index (χ2n) is 4.11. The number of alkyl halides is 1. The number of halogens is 1. The molecule has 112 valence electrons. The topological polar surface area (TPSA) is 70.2 Å². The Morgan fingerprint density at radius 3 is 2.85 bits per heavy atom. The van der Waals surface area contributed by atoms with Gasteiger partial charge in [0.15, 0.2) is 0 Å². The molecule has 0 aliphatic carbocycles. The predicted octanol–water partition coefficient (Wildman–Crippen LogP) is 2.46. The third-order valence-corrected chi connectivity index (χ3v) is 3.79. The average Bonchev–Trinajstić information content (AvgIpc) is 2.45. The standard InChI is InChI=1S/C13H20ClN3O2S/c1-2-3-8-16-20(19)12-6-4-5-11(10-12)17-13(18)15-9-7-14/h4-6,10,16H,2-3,7-9H2,1H3,(H2,15,17,18). The first-order valence-corrected chi connectivity index (χ1v) is 8.22. The number of amides is 2. The van der Waals surface area contributed by atoms with Gasteiger partial charge in [-0.1, -0.05) is 19.4 Å². The van der Waals surface area contributed by atoms with Crippen molar-refractivity contribution in [3.05, 3.63) is 24.3 Å². The molecule has 1 rings (SSSR count). The molecule has 7 heteroatoms. The Morgan fingerprint density at radius 2 is 2.15 bits per heavy atom. The van der Waals surface area contributed by atoms with Crippen molar-refractivity contribution in [1.82, 2.24) is 10.0 Å². The second-order valence-corrected chi connectivity index (χ2v) is 5.79. The van der Waals surface area contributed by atoms with Crippen LogP contribution in [0.25, 0.3) is 0 Å². The van der Waals surface area contributed by atoms with Crippen LogP contribution in [0.5, 0.6) is 0 Å². The average molecular weight is 318 g/mol. The maximum atomic E-state index is 12.0. The number of nitrogens with one attached hydrogen (secondary N) is 3. The lowest BCUT2D eigenvalue weighted by Crippen LogP contribution is -2.30. The maximum Gasteiger partial charge on any atom is 0.319 e. The van der Waals surface area contributed by atoms with Crippen molar-refractivity contribution in [2.75, 3.05) is 24.3 Å². The molecule has 2 amide bonds. The second kappa shape index (κ2) is 9.74. The van der Waals surface area contributed by atoms with Gasteiger partial charge in [0.1, 0.15) is 11.0 Å². The quantitative estimate of drug-likeness (QED) is 0.509. The minimum absolute atomic E-state index is 0.326. The van der Waals surface area contributed by atoms with Crippen LogP contribution >= 0.6 is 11.6 Å². The van der Waals surface area contributed by atoms with Crippen molar-refractivity contribution in [2.45, 2.75) is 24.7 Å². The molecule has 0 aliphatic rings. The van der Waals surface area contributed by atoms with E-state index in [2.05, 4.69) is 22.3 Å². The fourth-order valence-corrected chi connectivity index (χ4v) is 2.48. The van der Waals surface area contributed by atoms with Crippen LogP contribution < -0.4 is 15.4 Å². The molecule has 0 radical (unpaired) electrons. The highest BCUT2D eigenvalue weighted by Gasteiger charge is 2.06. The van der Waals surface area contributed by atoms with Gasteiger partial charge in [-0.05, 0) is 24.6 Å². The molecule has 0 aliphatic heterocycles. The molecule has 0 saturated heterocycles. The normalized spacial score (nSPS) is 11.9. The summed E-state index contributed by atoms with van der Waals surface area (Å²) in [5.74, 6) is 0.360. The number of benzene rings is 1. The van der Waals surface area contributed by atoms with Crippen LogP contribution in [0.4, 0.5) is 10.5 Å².